The summed E-state index contributed by atoms with van der Waals surface area (Å²) in [5.74, 6) is 0.0596. The molecule has 0 aliphatic rings. The normalized spacial score (nSPS) is 9.47. The molecule has 0 bridgehead atoms. The number of halogens is 1. The van der Waals surface area contributed by atoms with Crippen LogP contribution in [-0.4, -0.2) is 62.3 Å². The molecule has 1 radical (unpaired) electrons. The summed E-state index contributed by atoms with van der Waals surface area (Å²) >= 11 is 5.74. The van der Waals surface area contributed by atoms with Crippen LogP contribution in [0, 0.1) is 0 Å². The number of carbonyl (C=O) groups is 1. The third-order valence-corrected chi connectivity index (χ3v) is 2.49. The molecule has 4 heteroatoms. The number of hydrogen-bond acceptors (Lipinski definition) is 2. The zero-order valence-corrected chi connectivity index (χ0v) is 13.2. The van der Waals surface area contributed by atoms with Crippen molar-refractivity contribution in [3.8, 4) is 5.75 Å². The fourth-order valence-corrected chi connectivity index (χ4v) is 1.51. The number of ketones is 1. The SMILES string of the molecule is O=C(c1ccc(O)cc1)c1ccc(Cl)cc1.[K]. The van der Waals surface area contributed by atoms with Gasteiger partial charge in [0, 0.05) is 67.5 Å². The minimum Gasteiger partial charge on any atom is -0.508 e. The molecule has 0 amide bonds. The quantitative estimate of drug-likeness (QED) is 0.674. The van der Waals surface area contributed by atoms with E-state index in [2.05, 4.69) is 0 Å². The Morgan fingerprint density at radius 2 is 1.29 bits per heavy atom. The maximum Gasteiger partial charge on any atom is 0.193 e. The van der Waals surface area contributed by atoms with Crippen LogP contribution in [-0.2, 0) is 0 Å². The zero-order valence-electron chi connectivity index (χ0n) is 9.35. The van der Waals surface area contributed by atoms with E-state index in [-0.39, 0.29) is 62.9 Å². The van der Waals surface area contributed by atoms with E-state index in [1.165, 1.54) is 12.1 Å². The Kier molecular flexibility index (Phi) is 5.86. The minimum absolute atomic E-state index is 0. The van der Waals surface area contributed by atoms with E-state index in [0.29, 0.717) is 16.1 Å². The molecule has 2 rings (SSSR count). The first-order valence-electron chi connectivity index (χ1n) is 4.76. The van der Waals surface area contributed by atoms with Gasteiger partial charge in [0.1, 0.15) is 5.75 Å². The third kappa shape index (κ3) is 3.91. The maximum absolute atomic E-state index is 11.9. The van der Waals surface area contributed by atoms with Crippen molar-refractivity contribution in [2.24, 2.45) is 0 Å². The largest absolute Gasteiger partial charge is 0.508 e. The van der Waals surface area contributed by atoms with Gasteiger partial charge in [0.05, 0.1) is 0 Å². The molecule has 0 spiro atoms. The summed E-state index contributed by atoms with van der Waals surface area (Å²) in [5, 5.41) is 9.72. The number of aromatic hydroxyl groups is 1. The molecule has 0 unspecified atom stereocenters. The van der Waals surface area contributed by atoms with Crippen LogP contribution in [0.5, 0.6) is 5.75 Å². The molecule has 0 saturated carbocycles. The van der Waals surface area contributed by atoms with Gasteiger partial charge in [-0.2, -0.15) is 0 Å². The Morgan fingerprint density at radius 3 is 1.76 bits per heavy atom. The topological polar surface area (TPSA) is 37.3 Å². The van der Waals surface area contributed by atoms with E-state index in [1.54, 1.807) is 36.4 Å². The first-order chi connectivity index (χ1) is 7.66. The average molecular weight is 272 g/mol. The minimum atomic E-state index is -0.0864. The second kappa shape index (κ2) is 6.68. The Bertz CT molecular complexity index is 458. The molecule has 0 aliphatic carbocycles. The van der Waals surface area contributed by atoms with Crippen LogP contribution in [0.2, 0.25) is 5.02 Å². The van der Waals surface area contributed by atoms with E-state index in [4.69, 9.17) is 16.7 Å². The predicted molar refractivity (Wildman–Crippen MR) is 68.7 cm³/mol. The summed E-state index contributed by atoms with van der Waals surface area (Å²) in [7, 11) is 0. The molecule has 2 aromatic carbocycles. The summed E-state index contributed by atoms with van der Waals surface area (Å²) in [6.45, 7) is 0. The standard InChI is InChI=1S/C13H9ClO2.K/c14-11-5-1-9(2-6-11)13(16)10-3-7-12(15)8-4-10;/h1-8,15H;. The van der Waals surface area contributed by atoms with Crippen LogP contribution in [0.15, 0.2) is 48.5 Å². The van der Waals surface area contributed by atoms with E-state index in [9.17, 15) is 4.79 Å². The van der Waals surface area contributed by atoms with Gasteiger partial charge in [0.15, 0.2) is 5.78 Å². The van der Waals surface area contributed by atoms with Gasteiger partial charge >= 0.3 is 0 Å². The molecule has 0 fully saturated rings. The van der Waals surface area contributed by atoms with Crippen LogP contribution in [0.3, 0.4) is 0 Å². The molecule has 0 saturated heterocycles. The Balaban J connectivity index is 0.00000144. The number of benzene rings is 2. The zero-order chi connectivity index (χ0) is 11.5. The van der Waals surface area contributed by atoms with E-state index >= 15 is 0 Å². The first kappa shape index (κ1) is 14.9. The van der Waals surface area contributed by atoms with Crippen molar-refractivity contribution in [3.63, 3.8) is 0 Å². The summed E-state index contributed by atoms with van der Waals surface area (Å²) in [4.78, 5) is 11.9. The van der Waals surface area contributed by atoms with Crippen molar-refractivity contribution in [1.82, 2.24) is 0 Å². The van der Waals surface area contributed by atoms with Gasteiger partial charge in [-0.05, 0) is 48.5 Å². The van der Waals surface area contributed by atoms with Gasteiger partial charge < -0.3 is 5.11 Å². The molecule has 2 aromatic rings. The van der Waals surface area contributed by atoms with Gasteiger partial charge in [-0.25, -0.2) is 0 Å². The number of hydrogen-bond donors (Lipinski definition) is 1. The summed E-state index contributed by atoms with van der Waals surface area (Å²) in [6.07, 6.45) is 0. The number of phenolic OH excluding ortho intramolecular Hbond substituents is 1. The van der Waals surface area contributed by atoms with Crippen molar-refractivity contribution in [1.29, 1.82) is 0 Å². The van der Waals surface area contributed by atoms with E-state index in [0.717, 1.165) is 0 Å². The van der Waals surface area contributed by atoms with Crippen molar-refractivity contribution in [2.75, 3.05) is 0 Å². The predicted octanol–water partition coefficient (Wildman–Crippen LogP) is 2.90. The average Bonchev–Trinajstić information content (AvgIpc) is 2.30. The summed E-state index contributed by atoms with van der Waals surface area (Å²) < 4.78 is 0. The van der Waals surface area contributed by atoms with Gasteiger partial charge in [0.25, 0.3) is 0 Å². The monoisotopic (exact) mass is 271 g/mol. The van der Waals surface area contributed by atoms with Crippen LogP contribution in [0.1, 0.15) is 15.9 Å². The van der Waals surface area contributed by atoms with Crippen molar-refractivity contribution < 1.29 is 9.90 Å². The van der Waals surface area contributed by atoms with Crippen molar-refractivity contribution >= 4 is 68.8 Å². The number of phenols is 1. The summed E-state index contributed by atoms with van der Waals surface area (Å²) in [5.41, 5.74) is 1.12. The van der Waals surface area contributed by atoms with Gasteiger partial charge in [-0.1, -0.05) is 11.6 Å². The molecule has 2 nitrogen and oxygen atoms in total. The second-order valence-corrected chi connectivity index (χ2v) is 3.82. The molecule has 0 aromatic heterocycles. The Hall–Kier alpha value is -0.164. The fraction of sp³-hybridized carbons (Fsp3) is 0. The molecule has 1 N–H and O–H groups in total. The van der Waals surface area contributed by atoms with Gasteiger partial charge in [0.2, 0.25) is 0 Å². The molecular formula is C13H9ClKO2. The van der Waals surface area contributed by atoms with Crippen molar-refractivity contribution in [2.45, 2.75) is 0 Å². The molecule has 17 heavy (non-hydrogen) atoms. The van der Waals surface area contributed by atoms with Crippen LogP contribution in [0.25, 0.3) is 0 Å². The molecular weight excluding hydrogens is 263 g/mol. The molecule has 0 heterocycles. The third-order valence-electron chi connectivity index (χ3n) is 2.24. The fourth-order valence-electron chi connectivity index (χ4n) is 1.38. The van der Waals surface area contributed by atoms with Gasteiger partial charge in [-0.3, -0.25) is 4.79 Å². The van der Waals surface area contributed by atoms with Crippen LogP contribution < -0.4 is 0 Å². The number of carbonyl (C=O) groups excluding carboxylic acids is 1. The smallest absolute Gasteiger partial charge is 0.193 e. The Morgan fingerprint density at radius 1 is 0.882 bits per heavy atom. The molecule has 0 atom stereocenters. The maximum atomic E-state index is 11.9. The first-order valence-corrected chi connectivity index (χ1v) is 5.14. The van der Waals surface area contributed by atoms with Crippen LogP contribution in [0.4, 0.5) is 0 Å². The van der Waals surface area contributed by atoms with E-state index < -0.39 is 0 Å². The second-order valence-electron chi connectivity index (χ2n) is 3.38. The Labute approximate surface area is 147 Å². The van der Waals surface area contributed by atoms with Gasteiger partial charge in [-0.15, -0.1) is 0 Å². The molecule has 0 aliphatic heterocycles. The molecule has 81 valence electrons. The summed E-state index contributed by atoms with van der Waals surface area (Å²) in [6, 6.07) is 12.9. The van der Waals surface area contributed by atoms with E-state index in [1.807, 2.05) is 0 Å². The van der Waals surface area contributed by atoms with Crippen molar-refractivity contribution in [3.05, 3.63) is 64.7 Å². The number of rotatable bonds is 2. The van der Waals surface area contributed by atoms with Crippen LogP contribution >= 0.6 is 11.6 Å².